The smallest absolute Gasteiger partial charge is 0.337 e. The Bertz CT molecular complexity index is 842. The van der Waals surface area contributed by atoms with Gasteiger partial charge >= 0.3 is 5.97 Å². The zero-order valence-electron chi connectivity index (χ0n) is 15.2. The molecule has 0 aliphatic heterocycles. The number of para-hydroxylation sites is 1. The highest BCUT2D eigenvalue weighted by atomic mass is 16.5. The average Bonchev–Trinajstić information content (AvgIpc) is 2.66. The lowest BCUT2D eigenvalue weighted by molar-refractivity contribution is -0.111. The van der Waals surface area contributed by atoms with Gasteiger partial charge in [0.2, 0.25) is 5.91 Å². The second kappa shape index (κ2) is 8.71. The number of carbonyl (C=O) groups excluding carboxylic acids is 2. The topological polar surface area (TPSA) is 73.9 Å². The lowest BCUT2D eigenvalue weighted by Gasteiger charge is -2.10. The molecule has 0 spiro atoms. The summed E-state index contributed by atoms with van der Waals surface area (Å²) in [6.07, 6.45) is 3.03. The van der Waals surface area contributed by atoms with Crippen molar-refractivity contribution in [3.05, 3.63) is 59.2 Å². The van der Waals surface area contributed by atoms with Crippen LogP contribution in [0.4, 0.5) is 5.69 Å². The summed E-state index contributed by atoms with van der Waals surface area (Å²) >= 11 is 0. The Morgan fingerprint density at radius 3 is 2.46 bits per heavy atom. The summed E-state index contributed by atoms with van der Waals surface area (Å²) in [6, 6.07) is 10.4. The van der Waals surface area contributed by atoms with E-state index in [-0.39, 0.29) is 5.91 Å². The van der Waals surface area contributed by atoms with Crippen LogP contribution in [-0.4, -0.2) is 33.2 Å². The highest BCUT2D eigenvalue weighted by molar-refractivity contribution is 6.03. The standard InChI is InChI=1S/C20H21NO5/c1-13-8-9-15(20(23)26-4)12-16(13)21-18(22)11-10-14-6-5-7-17(24-2)19(14)25-3/h5-12H,1-4H3,(H,21,22)/b11-10+. The second-order valence-electron chi connectivity index (χ2n) is 5.43. The molecular formula is C20H21NO5. The number of benzene rings is 2. The minimum atomic E-state index is -0.461. The van der Waals surface area contributed by atoms with Crippen LogP contribution in [0.15, 0.2) is 42.5 Å². The first kappa shape index (κ1) is 19.1. The molecule has 0 atom stereocenters. The van der Waals surface area contributed by atoms with Crippen LogP contribution in [0.2, 0.25) is 0 Å². The van der Waals surface area contributed by atoms with E-state index in [4.69, 9.17) is 14.2 Å². The summed E-state index contributed by atoms with van der Waals surface area (Å²) < 4.78 is 15.3. The third kappa shape index (κ3) is 4.42. The first-order chi connectivity index (χ1) is 12.5. The lowest BCUT2D eigenvalue weighted by Crippen LogP contribution is -2.10. The Labute approximate surface area is 152 Å². The Morgan fingerprint density at radius 2 is 1.81 bits per heavy atom. The van der Waals surface area contributed by atoms with Crippen molar-refractivity contribution in [3.63, 3.8) is 0 Å². The van der Waals surface area contributed by atoms with Crippen molar-refractivity contribution in [1.29, 1.82) is 0 Å². The highest BCUT2D eigenvalue weighted by Gasteiger charge is 2.10. The molecule has 2 aromatic carbocycles. The molecule has 2 aromatic rings. The number of aryl methyl sites for hydroxylation is 1. The van der Waals surface area contributed by atoms with Crippen LogP contribution in [0.3, 0.4) is 0 Å². The Morgan fingerprint density at radius 1 is 1.04 bits per heavy atom. The van der Waals surface area contributed by atoms with Crippen molar-refractivity contribution in [2.45, 2.75) is 6.92 Å². The molecule has 0 fully saturated rings. The van der Waals surface area contributed by atoms with E-state index in [0.29, 0.717) is 28.3 Å². The number of anilines is 1. The summed E-state index contributed by atoms with van der Waals surface area (Å²) in [6.45, 7) is 1.84. The van der Waals surface area contributed by atoms with Crippen LogP contribution in [-0.2, 0) is 9.53 Å². The molecule has 6 nitrogen and oxygen atoms in total. The zero-order chi connectivity index (χ0) is 19.1. The second-order valence-corrected chi connectivity index (χ2v) is 5.43. The molecule has 0 saturated carbocycles. The molecule has 0 aliphatic rings. The number of hydrogen-bond donors (Lipinski definition) is 1. The molecule has 0 radical (unpaired) electrons. The minimum Gasteiger partial charge on any atom is -0.493 e. The molecule has 0 heterocycles. The molecular weight excluding hydrogens is 334 g/mol. The number of methoxy groups -OCH3 is 3. The van der Waals surface area contributed by atoms with Gasteiger partial charge in [0.05, 0.1) is 26.9 Å². The van der Waals surface area contributed by atoms with E-state index in [1.165, 1.54) is 20.3 Å². The first-order valence-corrected chi connectivity index (χ1v) is 7.89. The summed E-state index contributed by atoms with van der Waals surface area (Å²) in [7, 11) is 4.40. The fourth-order valence-electron chi connectivity index (χ4n) is 2.38. The quantitative estimate of drug-likeness (QED) is 0.635. The van der Waals surface area contributed by atoms with Gasteiger partial charge in [0.1, 0.15) is 0 Å². The average molecular weight is 355 g/mol. The van der Waals surface area contributed by atoms with E-state index < -0.39 is 5.97 Å². The molecule has 26 heavy (non-hydrogen) atoms. The molecule has 0 saturated heterocycles. The van der Waals surface area contributed by atoms with Gasteiger partial charge in [-0.25, -0.2) is 4.79 Å². The van der Waals surface area contributed by atoms with Gasteiger partial charge in [0.15, 0.2) is 11.5 Å². The van der Waals surface area contributed by atoms with Gasteiger partial charge in [-0.05, 0) is 36.8 Å². The third-order valence-electron chi connectivity index (χ3n) is 3.76. The maximum atomic E-state index is 12.3. The van der Waals surface area contributed by atoms with Crippen LogP contribution in [0.1, 0.15) is 21.5 Å². The summed E-state index contributed by atoms with van der Waals surface area (Å²) in [5.74, 6) is 0.330. The predicted octanol–water partition coefficient (Wildman–Crippen LogP) is 3.45. The Balaban J connectivity index is 2.19. The maximum Gasteiger partial charge on any atom is 0.337 e. The van der Waals surface area contributed by atoms with Gasteiger partial charge in [-0.1, -0.05) is 18.2 Å². The Kier molecular flexibility index (Phi) is 6.38. The molecule has 136 valence electrons. The number of esters is 1. The third-order valence-corrected chi connectivity index (χ3v) is 3.76. The van der Waals surface area contributed by atoms with Crippen molar-refractivity contribution < 1.29 is 23.8 Å². The van der Waals surface area contributed by atoms with Gasteiger partial charge in [-0.2, -0.15) is 0 Å². The van der Waals surface area contributed by atoms with Gasteiger partial charge in [-0.15, -0.1) is 0 Å². The van der Waals surface area contributed by atoms with Gasteiger partial charge < -0.3 is 19.5 Å². The highest BCUT2D eigenvalue weighted by Crippen LogP contribution is 2.31. The van der Waals surface area contributed by atoms with E-state index in [1.54, 1.807) is 37.5 Å². The number of amides is 1. The molecule has 2 rings (SSSR count). The summed E-state index contributed by atoms with van der Waals surface area (Å²) in [5.41, 5.74) is 2.45. The van der Waals surface area contributed by atoms with E-state index in [1.807, 2.05) is 19.1 Å². The number of rotatable bonds is 6. The molecule has 0 aromatic heterocycles. The maximum absolute atomic E-state index is 12.3. The number of hydrogen-bond acceptors (Lipinski definition) is 5. The summed E-state index contributed by atoms with van der Waals surface area (Å²) in [5, 5.41) is 2.76. The van der Waals surface area contributed by atoms with Crippen molar-refractivity contribution in [3.8, 4) is 11.5 Å². The van der Waals surface area contributed by atoms with Crippen LogP contribution in [0.25, 0.3) is 6.08 Å². The van der Waals surface area contributed by atoms with Crippen molar-refractivity contribution in [2.24, 2.45) is 0 Å². The molecule has 0 bridgehead atoms. The van der Waals surface area contributed by atoms with E-state index >= 15 is 0 Å². The number of nitrogens with one attached hydrogen (secondary N) is 1. The lowest BCUT2D eigenvalue weighted by atomic mass is 10.1. The van der Waals surface area contributed by atoms with E-state index in [2.05, 4.69) is 5.32 Å². The van der Waals surface area contributed by atoms with Crippen LogP contribution in [0.5, 0.6) is 11.5 Å². The number of carbonyl (C=O) groups is 2. The molecule has 0 unspecified atom stereocenters. The Hall–Kier alpha value is -3.28. The minimum absolute atomic E-state index is 0.333. The fourth-order valence-corrected chi connectivity index (χ4v) is 2.38. The monoisotopic (exact) mass is 355 g/mol. The molecule has 1 N–H and O–H groups in total. The SMILES string of the molecule is COC(=O)c1ccc(C)c(NC(=O)/C=C/c2cccc(OC)c2OC)c1. The van der Waals surface area contributed by atoms with Crippen molar-refractivity contribution in [1.82, 2.24) is 0 Å². The number of ether oxygens (including phenoxy) is 3. The van der Waals surface area contributed by atoms with Gasteiger partial charge in [-0.3, -0.25) is 4.79 Å². The van der Waals surface area contributed by atoms with Gasteiger partial charge in [0.25, 0.3) is 0 Å². The normalized spacial score (nSPS) is 10.5. The predicted molar refractivity (Wildman–Crippen MR) is 99.7 cm³/mol. The van der Waals surface area contributed by atoms with Crippen molar-refractivity contribution in [2.75, 3.05) is 26.6 Å². The molecule has 6 heteroatoms. The molecule has 0 aliphatic carbocycles. The van der Waals surface area contributed by atoms with Crippen molar-refractivity contribution >= 4 is 23.6 Å². The van der Waals surface area contributed by atoms with Crippen LogP contribution in [0, 0.1) is 6.92 Å². The van der Waals surface area contributed by atoms with Crippen LogP contribution < -0.4 is 14.8 Å². The molecule has 1 amide bonds. The largest absolute Gasteiger partial charge is 0.493 e. The van der Waals surface area contributed by atoms with Crippen LogP contribution >= 0.6 is 0 Å². The van der Waals surface area contributed by atoms with E-state index in [0.717, 1.165) is 5.56 Å². The van der Waals surface area contributed by atoms with Gasteiger partial charge in [0, 0.05) is 17.3 Å². The van der Waals surface area contributed by atoms with E-state index in [9.17, 15) is 9.59 Å². The summed E-state index contributed by atoms with van der Waals surface area (Å²) in [4.78, 5) is 23.9. The zero-order valence-corrected chi connectivity index (χ0v) is 15.2. The first-order valence-electron chi connectivity index (χ1n) is 7.89. The fraction of sp³-hybridized carbons (Fsp3) is 0.200.